The summed E-state index contributed by atoms with van der Waals surface area (Å²) in [6.07, 6.45) is 3.84. The largest absolute Gasteiger partial charge is 0.258 e. The first-order valence-corrected chi connectivity index (χ1v) is 9.52. The second-order valence-corrected chi connectivity index (χ2v) is 8.43. The quantitative estimate of drug-likeness (QED) is 0.521. The molecule has 8 heteroatoms. The van der Waals surface area contributed by atoms with Gasteiger partial charge in [0.15, 0.2) is 11.6 Å². The molecule has 0 saturated heterocycles. The zero-order valence-electron chi connectivity index (χ0n) is 17.0. The van der Waals surface area contributed by atoms with Crippen LogP contribution in [0.25, 0.3) is 23.0 Å². The summed E-state index contributed by atoms with van der Waals surface area (Å²) in [6.45, 7) is 8.84. The molecule has 0 bridgehead atoms. The fraction of sp³-hybridized carbons (Fsp3) is 0.333. The maximum absolute atomic E-state index is 4.85. The highest BCUT2D eigenvalue weighted by Gasteiger charge is 2.34. The first kappa shape index (κ1) is 18.9. The molecule has 4 aromatic rings. The van der Waals surface area contributed by atoms with Crippen LogP contribution in [0.15, 0.2) is 49.1 Å². The number of aromatic amines is 2. The molecule has 4 aromatic heterocycles. The Bertz CT molecular complexity index is 994. The van der Waals surface area contributed by atoms with Crippen molar-refractivity contribution in [2.45, 2.75) is 44.9 Å². The summed E-state index contributed by atoms with van der Waals surface area (Å²) >= 11 is 0. The van der Waals surface area contributed by atoms with Gasteiger partial charge in [0.2, 0.25) is 0 Å². The van der Waals surface area contributed by atoms with Crippen molar-refractivity contribution in [1.82, 2.24) is 40.3 Å². The van der Waals surface area contributed by atoms with Gasteiger partial charge >= 0.3 is 0 Å². The van der Waals surface area contributed by atoms with Gasteiger partial charge in [0, 0.05) is 22.2 Å². The molecule has 0 aliphatic heterocycles. The van der Waals surface area contributed by atoms with Crippen LogP contribution in [-0.4, -0.2) is 40.3 Å². The Balaban J connectivity index is 1.62. The van der Waals surface area contributed by atoms with E-state index in [1.807, 2.05) is 24.3 Å². The van der Waals surface area contributed by atoms with Gasteiger partial charge in [-0.3, -0.25) is 10.2 Å². The molecule has 0 aliphatic rings. The molecule has 0 amide bonds. The summed E-state index contributed by atoms with van der Waals surface area (Å²) in [6, 6.07) is 12.0. The smallest absolute Gasteiger partial charge is 0.174 e. The number of nitrogens with zero attached hydrogens (tertiary/aromatic N) is 6. The van der Waals surface area contributed by atoms with Crippen molar-refractivity contribution >= 4 is 0 Å². The van der Waals surface area contributed by atoms with Gasteiger partial charge in [-0.25, -0.2) is 19.9 Å². The van der Waals surface area contributed by atoms with E-state index in [0.717, 1.165) is 29.2 Å². The second kappa shape index (κ2) is 7.20. The standard InChI is InChI=1S/C21H24N8/c1-20(2,16-9-5-7-14(26-16)18-22-12-24-28-18)11-21(3,4)17-10-6-8-15(27-17)19-23-13-25-29-19/h5-10,12-13H,11H2,1-4H3,(H,22,24,28)(H,23,25,29). The molecule has 4 rings (SSSR count). The van der Waals surface area contributed by atoms with E-state index in [-0.39, 0.29) is 10.8 Å². The summed E-state index contributed by atoms with van der Waals surface area (Å²) in [5.41, 5.74) is 3.23. The molecular weight excluding hydrogens is 364 g/mol. The zero-order valence-corrected chi connectivity index (χ0v) is 17.0. The summed E-state index contributed by atoms with van der Waals surface area (Å²) in [7, 11) is 0. The van der Waals surface area contributed by atoms with E-state index < -0.39 is 0 Å². The third kappa shape index (κ3) is 3.91. The van der Waals surface area contributed by atoms with E-state index in [0.29, 0.717) is 11.6 Å². The summed E-state index contributed by atoms with van der Waals surface area (Å²) in [4.78, 5) is 18.1. The Hall–Kier alpha value is -3.42. The topological polar surface area (TPSA) is 109 Å². The molecule has 0 aromatic carbocycles. The fourth-order valence-corrected chi connectivity index (χ4v) is 3.83. The van der Waals surface area contributed by atoms with Crippen LogP contribution in [0, 0.1) is 0 Å². The van der Waals surface area contributed by atoms with Gasteiger partial charge in [-0.15, -0.1) is 0 Å². The molecular formula is C21H24N8. The number of hydrogen-bond donors (Lipinski definition) is 2. The van der Waals surface area contributed by atoms with Crippen LogP contribution in [0.4, 0.5) is 0 Å². The Labute approximate surface area is 169 Å². The molecule has 29 heavy (non-hydrogen) atoms. The minimum absolute atomic E-state index is 0.177. The van der Waals surface area contributed by atoms with Crippen LogP contribution in [0.5, 0.6) is 0 Å². The van der Waals surface area contributed by atoms with Crippen molar-refractivity contribution in [3.63, 3.8) is 0 Å². The first-order valence-electron chi connectivity index (χ1n) is 9.52. The van der Waals surface area contributed by atoms with Crippen LogP contribution in [-0.2, 0) is 10.8 Å². The predicted molar refractivity (Wildman–Crippen MR) is 110 cm³/mol. The predicted octanol–water partition coefficient (Wildman–Crippen LogP) is 3.69. The lowest BCUT2D eigenvalue weighted by Gasteiger charge is -2.34. The number of nitrogens with one attached hydrogen (secondary N) is 2. The Kier molecular flexibility index (Phi) is 4.70. The van der Waals surface area contributed by atoms with Gasteiger partial charge in [0.05, 0.1) is 0 Å². The van der Waals surface area contributed by atoms with Gasteiger partial charge in [-0.1, -0.05) is 39.8 Å². The summed E-state index contributed by atoms with van der Waals surface area (Å²) in [5, 5.41) is 13.6. The van der Waals surface area contributed by atoms with Crippen LogP contribution in [0.3, 0.4) is 0 Å². The van der Waals surface area contributed by atoms with E-state index in [2.05, 4.69) is 70.2 Å². The van der Waals surface area contributed by atoms with Crippen molar-refractivity contribution in [3.05, 3.63) is 60.4 Å². The van der Waals surface area contributed by atoms with Crippen LogP contribution >= 0.6 is 0 Å². The highest BCUT2D eigenvalue weighted by atomic mass is 15.2. The zero-order chi connectivity index (χ0) is 20.5. The van der Waals surface area contributed by atoms with Crippen LogP contribution in [0.1, 0.15) is 45.5 Å². The SMILES string of the molecule is CC(C)(CC(C)(C)c1cccc(-c2ncn[nH]2)n1)c1cccc(-c2ncn[nH]2)n1. The van der Waals surface area contributed by atoms with Gasteiger partial charge in [-0.2, -0.15) is 10.2 Å². The lowest BCUT2D eigenvalue weighted by atomic mass is 9.71. The van der Waals surface area contributed by atoms with Crippen molar-refractivity contribution in [3.8, 4) is 23.0 Å². The van der Waals surface area contributed by atoms with Gasteiger partial charge in [-0.05, 0) is 30.7 Å². The van der Waals surface area contributed by atoms with Crippen molar-refractivity contribution in [1.29, 1.82) is 0 Å². The molecule has 0 fully saturated rings. The van der Waals surface area contributed by atoms with Gasteiger partial charge < -0.3 is 0 Å². The third-order valence-corrected chi connectivity index (χ3v) is 5.08. The third-order valence-electron chi connectivity index (χ3n) is 5.08. The molecule has 4 heterocycles. The van der Waals surface area contributed by atoms with Crippen LogP contribution in [0.2, 0.25) is 0 Å². The molecule has 0 radical (unpaired) electrons. The molecule has 148 valence electrons. The Morgan fingerprint density at radius 1 is 0.690 bits per heavy atom. The number of H-pyrrole nitrogens is 2. The van der Waals surface area contributed by atoms with E-state index in [1.54, 1.807) is 0 Å². The lowest BCUT2D eigenvalue weighted by Crippen LogP contribution is -2.31. The second-order valence-electron chi connectivity index (χ2n) is 8.43. The lowest BCUT2D eigenvalue weighted by molar-refractivity contribution is 0.336. The maximum Gasteiger partial charge on any atom is 0.174 e. The average molecular weight is 388 g/mol. The number of hydrogen-bond acceptors (Lipinski definition) is 6. The van der Waals surface area contributed by atoms with E-state index >= 15 is 0 Å². The minimum Gasteiger partial charge on any atom is -0.258 e. The van der Waals surface area contributed by atoms with Crippen molar-refractivity contribution in [2.75, 3.05) is 0 Å². The normalized spacial score (nSPS) is 12.3. The van der Waals surface area contributed by atoms with Crippen molar-refractivity contribution < 1.29 is 0 Å². The first-order chi connectivity index (χ1) is 13.9. The number of aromatic nitrogens is 8. The highest BCUT2D eigenvalue weighted by Crippen LogP contribution is 2.38. The molecule has 0 unspecified atom stereocenters. The minimum atomic E-state index is -0.177. The number of pyridine rings is 2. The monoisotopic (exact) mass is 388 g/mol. The van der Waals surface area contributed by atoms with E-state index in [1.165, 1.54) is 12.7 Å². The number of rotatable bonds is 6. The summed E-state index contributed by atoms with van der Waals surface area (Å²) in [5.74, 6) is 1.34. The highest BCUT2D eigenvalue weighted by molar-refractivity contribution is 5.49. The molecule has 0 spiro atoms. The van der Waals surface area contributed by atoms with Gasteiger partial charge in [0.1, 0.15) is 24.0 Å². The Morgan fingerprint density at radius 2 is 1.14 bits per heavy atom. The van der Waals surface area contributed by atoms with Crippen LogP contribution < -0.4 is 0 Å². The van der Waals surface area contributed by atoms with Gasteiger partial charge in [0.25, 0.3) is 0 Å². The van der Waals surface area contributed by atoms with Crippen molar-refractivity contribution in [2.24, 2.45) is 0 Å². The average Bonchev–Trinajstić information content (AvgIpc) is 3.42. The van der Waals surface area contributed by atoms with E-state index in [4.69, 9.17) is 9.97 Å². The summed E-state index contributed by atoms with van der Waals surface area (Å²) < 4.78 is 0. The molecule has 0 saturated carbocycles. The van der Waals surface area contributed by atoms with E-state index in [9.17, 15) is 0 Å². The molecule has 0 atom stereocenters. The fourth-order valence-electron chi connectivity index (χ4n) is 3.83. The maximum atomic E-state index is 4.85. The molecule has 0 aliphatic carbocycles. The Morgan fingerprint density at radius 3 is 1.52 bits per heavy atom. The molecule has 2 N–H and O–H groups in total. The molecule has 8 nitrogen and oxygen atoms in total.